The number of hydrogen-bond acceptors (Lipinski definition) is 3. The van der Waals surface area contributed by atoms with E-state index < -0.39 is 4.92 Å². The van der Waals surface area contributed by atoms with E-state index in [9.17, 15) is 14.9 Å². The first-order valence-corrected chi connectivity index (χ1v) is 11.3. The predicted octanol–water partition coefficient (Wildman–Crippen LogP) is 7.68. The van der Waals surface area contributed by atoms with E-state index in [1.165, 1.54) is 37.8 Å². The molecule has 168 valence electrons. The van der Waals surface area contributed by atoms with Crippen molar-refractivity contribution in [1.29, 1.82) is 0 Å². The molecule has 1 N–H and O–H groups in total. The smallest absolute Gasteiger partial charge is 0.269 e. The van der Waals surface area contributed by atoms with Gasteiger partial charge in [0.2, 0.25) is 5.91 Å². The summed E-state index contributed by atoms with van der Waals surface area (Å²) in [5.74, 6) is -0.0789. The first-order valence-electron chi connectivity index (χ1n) is 11.3. The fourth-order valence-electron chi connectivity index (χ4n) is 2.83. The number of rotatable bonds is 16. The van der Waals surface area contributed by atoms with Gasteiger partial charge in [-0.15, -0.1) is 0 Å². The van der Waals surface area contributed by atoms with Crippen LogP contribution in [0.1, 0.15) is 71.1 Å². The number of non-ortho nitro benzene ring substituents is 1. The van der Waals surface area contributed by atoms with Crippen molar-refractivity contribution in [3.05, 3.63) is 83.0 Å². The van der Waals surface area contributed by atoms with Crippen molar-refractivity contribution in [3.63, 3.8) is 0 Å². The zero-order chi connectivity index (χ0) is 22.6. The highest BCUT2D eigenvalue weighted by Crippen LogP contribution is 2.15. The second-order valence-electron chi connectivity index (χ2n) is 7.33. The number of carbonyl (C=O) groups excluding carboxylic acids is 1. The highest BCUT2D eigenvalue weighted by atomic mass is 16.6. The molecule has 0 aliphatic heterocycles. The summed E-state index contributed by atoms with van der Waals surface area (Å²) >= 11 is 0. The van der Waals surface area contributed by atoms with Gasteiger partial charge in [-0.05, 0) is 57.1 Å². The van der Waals surface area contributed by atoms with Crippen LogP contribution in [0.2, 0.25) is 0 Å². The van der Waals surface area contributed by atoms with E-state index in [4.69, 9.17) is 0 Å². The summed E-state index contributed by atoms with van der Waals surface area (Å²) in [5, 5.41) is 13.4. The van der Waals surface area contributed by atoms with Crippen LogP contribution >= 0.6 is 0 Å². The van der Waals surface area contributed by atoms with Gasteiger partial charge in [-0.2, -0.15) is 0 Å². The molecule has 0 spiro atoms. The van der Waals surface area contributed by atoms with E-state index in [-0.39, 0.29) is 11.6 Å². The molecule has 0 fully saturated rings. The number of nitro benzene ring substituents is 1. The average molecular weight is 425 g/mol. The molecule has 5 heteroatoms. The molecule has 0 heterocycles. The second kappa shape index (κ2) is 17.9. The van der Waals surface area contributed by atoms with Gasteiger partial charge in [0, 0.05) is 24.2 Å². The number of anilines is 1. The molecule has 0 radical (unpaired) electrons. The van der Waals surface area contributed by atoms with Gasteiger partial charge >= 0.3 is 0 Å². The minimum absolute atomic E-state index is 0.0125. The molecule has 0 saturated carbocycles. The standard InChI is InChI=1S/C26H36N2O3/c1-2-3-4-5-6-7-8-9-10-11-12-13-14-15-16-17-18-19-26(29)27-24-20-22-25(23-21-24)28(30)31/h6-7,9-10,12-13,15-16,20-23H,2-5,8,11,14,17-19H2,1H3,(H,27,29)/b7-6-,10-9-,13-12-,16-15-. The van der Waals surface area contributed by atoms with E-state index in [1.54, 1.807) is 12.1 Å². The SMILES string of the molecule is CCCCC/C=C\C/C=C\C/C=C\C/C=C\CCCC(=O)Nc1ccc([N+](=O)[O-])cc1. The summed E-state index contributed by atoms with van der Waals surface area (Å²) in [6, 6.07) is 5.86. The number of nitro groups is 1. The summed E-state index contributed by atoms with van der Waals surface area (Å²) in [6.45, 7) is 2.23. The molecule has 1 amide bonds. The van der Waals surface area contributed by atoms with Crippen molar-refractivity contribution < 1.29 is 9.72 Å². The predicted molar refractivity (Wildman–Crippen MR) is 130 cm³/mol. The molecule has 0 aliphatic carbocycles. The Morgan fingerprint density at radius 3 is 1.87 bits per heavy atom. The van der Waals surface area contributed by atoms with Crippen molar-refractivity contribution >= 4 is 17.3 Å². The fraction of sp³-hybridized carbons (Fsp3) is 0.423. The lowest BCUT2D eigenvalue weighted by molar-refractivity contribution is -0.384. The van der Waals surface area contributed by atoms with Gasteiger partial charge in [0.25, 0.3) is 5.69 Å². The first kappa shape index (κ1) is 26.1. The molecule has 0 bridgehead atoms. The van der Waals surface area contributed by atoms with Crippen molar-refractivity contribution in [2.75, 3.05) is 5.32 Å². The van der Waals surface area contributed by atoms with Crippen LogP contribution in [0.3, 0.4) is 0 Å². The van der Waals surface area contributed by atoms with Crippen LogP contribution in [-0.4, -0.2) is 10.8 Å². The van der Waals surface area contributed by atoms with Crippen molar-refractivity contribution in [2.24, 2.45) is 0 Å². The van der Waals surface area contributed by atoms with Gasteiger partial charge in [0.15, 0.2) is 0 Å². The summed E-state index contributed by atoms with van der Waals surface area (Å²) in [7, 11) is 0. The normalized spacial score (nSPS) is 11.9. The topological polar surface area (TPSA) is 72.2 Å². The van der Waals surface area contributed by atoms with Gasteiger partial charge in [-0.1, -0.05) is 68.4 Å². The van der Waals surface area contributed by atoms with Crippen molar-refractivity contribution in [3.8, 4) is 0 Å². The quantitative estimate of drug-likeness (QED) is 0.128. The Balaban J connectivity index is 2.03. The maximum Gasteiger partial charge on any atom is 0.269 e. The maximum absolute atomic E-state index is 11.9. The van der Waals surface area contributed by atoms with E-state index in [1.807, 2.05) is 0 Å². The van der Waals surface area contributed by atoms with Gasteiger partial charge in [-0.3, -0.25) is 14.9 Å². The Morgan fingerprint density at radius 1 is 0.839 bits per heavy atom. The number of hydrogen-bond donors (Lipinski definition) is 1. The molecule has 0 aromatic heterocycles. The van der Waals surface area contributed by atoms with Crippen molar-refractivity contribution in [1.82, 2.24) is 0 Å². The first-order chi connectivity index (χ1) is 15.1. The molecule has 1 rings (SSSR count). The zero-order valence-electron chi connectivity index (χ0n) is 18.7. The summed E-state index contributed by atoms with van der Waals surface area (Å²) in [6.07, 6.45) is 27.5. The highest BCUT2D eigenvalue weighted by Gasteiger charge is 2.06. The number of nitrogens with zero attached hydrogens (tertiary/aromatic N) is 1. The maximum atomic E-state index is 11.9. The Morgan fingerprint density at radius 2 is 1.35 bits per heavy atom. The molecule has 0 unspecified atom stereocenters. The molecule has 31 heavy (non-hydrogen) atoms. The van der Waals surface area contributed by atoms with E-state index >= 15 is 0 Å². The zero-order valence-corrected chi connectivity index (χ0v) is 18.7. The molecular weight excluding hydrogens is 388 g/mol. The number of carbonyl (C=O) groups is 1. The number of amides is 1. The molecular formula is C26H36N2O3. The molecule has 1 aromatic rings. The van der Waals surface area contributed by atoms with E-state index in [2.05, 4.69) is 60.8 Å². The number of benzene rings is 1. The van der Waals surface area contributed by atoms with Gasteiger partial charge < -0.3 is 5.32 Å². The monoisotopic (exact) mass is 424 g/mol. The lowest BCUT2D eigenvalue weighted by atomic mass is 10.2. The Bertz CT molecular complexity index is 746. The number of unbranched alkanes of at least 4 members (excludes halogenated alkanes) is 4. The molecule has 1 aromatic carbocycles. The fourth-order valence-corrected chi connectivity index (χ4v) is 2.83. The Labute approximate surface area is 186 Å². The molecule has 0 aliphatic rings. The summed E-state index contributed by atoms with van der Waals surface area (Å²) < 4.78 is 0. The van der Waals surface area contributed by atoms with Crippen LogP contribution in [0, 0.1) is 10.1 Å². The van der Waals surface area contributed by atoms with Crippen LogP contribution in [0.4, 0.5) is 11.4 Å². The molecule has 0 atom stereocenters. The molecule has 0 saturated heterocycles. The minimum Gasteiger partial charge on any atom is -0.326 e. The third kappa shape index (κ3) is 14.6. The second-order valence-corrected chi connectivity index (χ2v) is 7.33. The van der Waals surface area contributed by atoms with Gasteiger partial charge in [0.1, 0.15) is 0 Å². The largest absolute Gasteiger partial charge is 0.326 e. The number of nitrogens with one attached hydrogen (secondary N) is 1. The average Bonchev–Trinajstić information content (AvgIpc) is 2.76. The van der Waals surface area contributed by atoms with Crippen LogP contribution in [0.15, 0.2) is 72.9 Å². The van der Waals surface area contributed by atoms with Crippen LogP contribution in [0.5, 0.6) is 0 Å². The highest BCUT2D eigenvalue weighted by molar-refractivity contribution is 5.90. The lowest BCUT2D eigenvalue weighted by Gasteiger charge is -2.04. The van der Waals surface area contributed by atoms with Crippen LogP contribution in [0.25, 0.3) is 0 Å². The van der Waals surface area contributed by atoms with Crippen LogP contribution in [-0.2, 0) is 4.79 Å². The van der Waals surface area contributed by atoms with E-state index in [0.29, 0.717) is 12.1 Å². The molecule has 5 nitrogen and oxygen atoms in total. The summed E-state index contributed by atoms with van der Waals surface area (Å²) in [5.41, 5.74) is 0.590. The third-order valence-electron chi connectivity index (χ3n) is 4.59. The van der Waals surface area contributed by atoms with Crippen LogP contribution < -0.4 is 5.32 Å². The third-order valence-corrected chi connectivity index (χ3v) is 4.59. The summed E-state index contributed by atoms with van der Waals surface area (Å²) in [4.78, 5) is 22.1. The van der Waals surface area contributed by atoms with Crippen molar-refractivity contribution in [2.45, 2.75) is 71.1 Å². The lowest BCUT2D eigenvalue weighted by Crippen LogP contribution is -2.10. The van der Waals surface area contributed by atoms with Gasteiger partial charge in [-0.25, -0.2) is 0 Å². The van der Waals surface area contributed by atoms with E-state index in [0.717, 1.165) is 32.1 Å². The number of allylic oxidation sites excluding steroid dienone is 8. The Kier molecular flexibility index (Phi) is 15.0. The minimum atomic E-state index is -0.460. The Hall–Kier alpha value is -2.95. The van der Waals surface area contributed by atoms with Gasteiger partial charge in [0.05, 0.1) is 4.92 Å².